The number of carbonyl (C=O) groups excluding carboxylic acids is 3. The van der Waals surface area contributed by atoms with Crippen LogP contribution in [0.3, 0.4) is 0 Å². The molecule has 1 saturated heterocycles. The van der Waals surface area contributed by atoms with Gasteiger partial charge in [-0.2, -0.15) is 0 Å². The lowest BCUT2D eigenvalue weighted by molar-refractivity contribution is -0.127. The molecule has 4 amide bonds. The first-order chi connectivity index (χ1) is 10.3. The van der Waals surface area contributed by atoms with E-state index in [4.69, 9.17) is 5.73 Å². The first kappa shape index (κ1) is 21.5. The SMILES string of the molecule is CCNC(=O)N1CCC(NC(=O)CNC(=O)[C@@H](N)C(C)C)C1.Cl. The van der Waals surface area contributed by atoms with Gasteiger partial charge < -0.3 is 26.6 Å². The molecule has 2 atom stereocenters. The Hall–Kier alpha value is -1.54. The molecule has 1 fully saturated rings. The van der Waals surface area contributed by atoms with Gasteiger partial charge in [-0.3, -0.25) is 9.59 Å². The van der Waals surface area contributed by atoms with Crippen LogP contribution in [0.15, 0.2) is 0 Å². The van der Waals surface area contributed by atoms with Crippen LogP contribution >= 0.6 is 12.4 Å². The number of halogens is 1. The van der Waals surface area contributed by atoms with Crippen molar-refractivity contribution in [2.75, 3.05) is 26.2 Å². The van der Waals surface area contributed by atoms with Crippen LogP contribution in [0.2, 0.25) is 0 Å². The number of rotatable bonds is 6. The molecule has 0 saturated carbocycles. The molecule has 1 aliphatic rings. The van der Waals surface area contributed by atoms with E-state index in [1.807, 2.05) is 20.8 Å². The molecule has 134 valence electrons. The number of carbonyl (C=O) groups is 3. The van der Waals surface area contributed by atoms with Crippen molar-refractivity contribution in [3.8, 4) is 0 Å². The van der Waals surface area contributed by atoms with Crippen molar-refractivity contribution in [3.05, 3.63) is 0 Å². The number of nitrogens with one attached hydrogen (secondary N) is 3. The van der Waals surface area contributed by atoms with Gasteiger partial charge >= 0.3 is 6.03 Å². The highest BCUT2D eigenvalue weighted by molar-refractivity contribution is 5.87. The number of urea groups is 1. The molecule has 1 aliphatic heterocycles. The molecule has 0 aliphatic carbocycles. The Kier molecular flexibility index (Phi) is 9.59. The third-order valence-electron chi connectivity index (χ3n) is 3.61. The van der Waals surface area contributed by atoms with Crippen molar-refractivity contribution in [3.63, 3.8) is 0 Å². The van der Waals surface area contributed by atoms with E-state index in [0.717, 1.165) is 0 Å². The fourth-order valence-corrected chi connectivity index (χ4v) is 2.19. The van der Waals surface area contributed by atoms with Crippen molar-refractivity contribution >= 4 is 30.3 Å². The highest BCUT2D eigenvalue weighted by Gasteiger charge is 2.27. The summed E-state index contributed by atoms with van der Waals surface area (Å²) in [6.07, 6.45) is 0.711. The van der Waals surface area contributed by atoms with E-state index in [1.165, 1.54) is 0 Å². The highest BCUT2D eigenvalue weighted by Crippen LogP contribution is 2.08. The minimum absolute atomic E-state index is 0. The van der Waals surface area contributed by atoms with Gasteiger partial charge in [0.2, 0.25) is 11.8 Å². The first-order valence-electron chi connectivity index (χ1n) is 7.70. The number of nitrogens with zero attached hydrogens (tertiary/aromatic N) is 1. The molecule has 0 aromatic carbocycles. The number of amides is 4. The van der Waals surface area contributed by atoms with Gasteiger partial charge in [0.1, 0.15) is 0 Å². The van der Waals surface area contributed by atoms with E-state index in [2.05, 4.69) is 16.0 Å². The molecular weight excluding hydrogens is 322 g/mol. The lowest BCUT2D eigenvalue weighted by Crippen LogP contribution is -2.49. The van der Waals surface area contributed by atoms with Gasteiger partial charge in [-0.15, -0.1) is 12.4 Å². The van der Waals surface area contributed by atoms with E-state index in [9.17, 15) is 14.4 Å². The van der Waals surface area contributed by atoms with Crippen molar-refractivity contribution in [2.24, 2.45) is 11.7 Å². The van der Waals surface area contributed by atoms with E-state index < -0.39 is 6.04 Å². The maximum atomic E-state index is 11.8. The van der Waals surface area contributed by atoms with Gasteiger partial charge in [-0.1, -0.05) is 13.8 Å². The van der Waals surface area contributed by atoms with Crippen LogP contribution in [0, 0.1) is 5.92 Å². The largest absolute Gasteiger partial charge is 0.350 e. The van der Waals surface area contributed by atoms with Crippen molar-refractivity contribution < 1.29 is 14.4 Å². The number of likely N-dealkylation sites (tertiary alicyclic amines) is 1. The first-order valence-corrected chi connectivity index (χ1v) is 7.70. The number of nitrogens with two attached hydrogens (primary N) is 1. The summed E-state index contributed by atoms with van der Waals surface area (Å²) in [6.45, 7) is 7.12. The van der Waals surface area contributed by atoms with E-state index >= 15 is 0 Å². The van der Waals surface area contributed by atoms with E-state index in [1.54, 1.807) is 4.90 Å². The Morgan fingerprint density at radius 3 is 2.48 bits per heavy atom. The summed E-state index contributed by atoms with van der Waals surface area (Å²) in [5.41, 5.74) is 5.69. The molecule has 0 aromatic rings. The number of hydrogen-bond donors (Lipinski definition) is 4. The topological polar surface area (TPSA) is 117 Å². The summed E-state index contributed by atoms with van der Waals surface area (Å²) in [7, 11) is 0. The second kappa shape index (κ2) is 10.3. The molecule has 23 heavy (non-hydrogen) atoms. The highest BCUT2D eigenvalue weighted by atomic mass is 35.5. The predicted molar refractivity (Wildman–Crippen MR) is 90.3 cm³/mol. The summed E-state index contributed by atoms with van der Waals surface area (Å²) >= 11 is 0. The predicted octanol–water partition coefficient (Wildman–Crippen LogP) is -0.572. The Morgan fingerprint density at radius 2 is 1.91 bits per heavy atom. The van der Waals surface area contributed by atoms with Crippen LogP contribution in [0.4, 0.5) is 4.79 Å². The fourth-order valence-electron chi connectivity index (χ4n) is 2.19. The summed E-state index contributed by atoms with van der Waals surface area (Å²) < 4.78 is 0. The van der Waals surface area contributed by atoms with Gasteiger partial charge in [0, 0.05) is 25.7 Å². The van der Waals surface area contributed by atoms with Crippen molar-refractivity contribution in [1.29, 1.82) is 0 Å². The maximum absolute atomic E-state index is 11.8. The zero-order chi connectivity index (χ0) is 16.7. The Morgan fingerprint density at radius 1 is 1.26 bits per heavy atom. The van der Waals surface area contributed by atoms with Gasteiger partial charge in [0.25, 0.3) is 0 Å². The van der Waals surface area contributed by atoms with Gasteiger partial charge in [-0.25, -0.2) is 4.79 Å². The molecule has 1 rings (SSSR count). The third kappa shape index (κ3) is 7.04. The van der Waals surface area contributed by atoms with Crippen LogP contribution < -0.4 is 21.7 Å². The van der Waals surface area contributed by atoms with Crippen LogP contribution in [0.1, 0.15) is 27.2 Å². The monoisotopic (exact) mass is 349 g/mol. The molecule has 8 nitrogen and oxygen atoms in total. The molecule has 1 heterocycles. The molecule has 5 N–H and O–H groups in total. The van der Waals surface area contributed by atoms with Crippen LogP contribution in [-0.2, 0) is 9.59 Å². The maximum Gasteiger partial charge on any atom is 0.317 e. The summed E-state index contributed by atoms with van der Waals surface area (Å²) in [5.74, 6) is -0.587. The minimum Gasteiger partial charge on any atom is -0.350 e. The van der Waals surface area contributed by atoms with Crippen molar-refractivity contribution in [2.45, 2.75) is 39.3 Å². The average Bonchev–Trinajstić information content (AvgIpc) is 2.92. The Balaban J connectivity index is 0.00000484. The quantitative estimate of drug-likeness (QED) is 0.513. The van der Waals surface area contributed by atoms with Crippen LogP contribution in [0.25, 0.3) is 0 Å². The van der Waals surface area contributed by atoms with Crippen molar-refractivity contribution in [1.82, 2.24) is 20.9 Å². The average molecular weight is 350 g/mol. The van der Waals surface area contributed by atoms with E-state index in [0.29, 0.717) is 26.1 Å². The molecule has 9 heteroatoms. The molecule has 1 unspecified atom stereocenters. The van der Waals surface area contributed by atoms with Gasteiger partial charge in [-0.05, 0) is 19.3 Å². The normalized spacial score (nSPS) is 18.1. The Bertz CT molecular complexity index is 419. The lowest BCUT2D eigenvalue weighted by atomic mass is 10.1. The van der Waals surface area contributed by atoms with E-state index in [-0.39, 0.29) is 48.8 Å². The second-order valence-corrected chi connectivity index (χ2v) is 5.82. The molecule has 0 spiro atoms. The zero-order valence-electron chi connectivity index (χ0n) is 13.9. The standard InChI is InChI=1S/C14H27N5O3.ClH/c1-4-16-14(22)19-6-5-10(8-19)18-11(20)7-17-13(21)12(15)9(2)3;/h9-10,12H,4-8,15H2,1-3H3,(H,16,22)(H,17,21)(H,18,20);1H/t10?,12-;/m0./s1. The molecule has 0 aromatic heterocycles. The minimum atomic E-state index is -0.618. The second-order valence-electron chi connectivity index (χ2n) is 5.82. The molecular formula is C14H28ClN5O3. The molecule has 0 bridgehead atoms. The van der Waals surface area contributed by atoms with Gasteiger partial charge in [0.15, 0.2) is 0 Å². The van der Waals surface area contributed by atoms with Crippen LogP contribution in [0.5, 0.6) is 0 Å². The molecule has 0 radical (unpaired) electrons. The summed E-state index contributed by atoms with van der Waals surface area (Å²) in [5, 5.41) is 8.06. The summed E-state index contributed by atoms with van der Waals surface area (Å²) in [6, 6.07) is -0.811. The zero-order valence-corrected chi connectivity index (χ0v) is 14.7. The lowest BCUT2D eigenvalue weighted by Gasteiger charge is -2.18. The van der Waals surface area contributed by atoms with Crippen LogP contribution in [-0.4, -0.2) is 61.0 Å². The number of hydrogen-bond acceptors (Lipinski definition) is 4. The van der Waals surface area contributed by atoms with Gasteiger partial charge in [0.05, 0.1) is 12.6 Å². The fraction of sp³-hybridized carbons (Fsp3) is 0.786. The smallest absolute Gasteiger partial charge is 0.317 e. The third-order valence-corrected chi connectivity index (χ3v) is 3.61. The Labute approximate surface area is 143 Å². The summed E-state index contributed by atoms with van der Waals surface area (Å²) in [4.78, 5) is 36.8.